The smallest absolute Gasteiger partial charge is 0.349 e. The molecule has 10 heteroatoms. The molecule has 1 aliphatic heterocycles. The van der Waals surface area contributed by atoms with E-state index in [2.05, 4.69) is 24.3 Å². The number of esters is 1. The van der Waals surface area contributed by atoms with Crippen LogP contribution in [0.15, 0.2) is 28.6 Å². The highest BCUT2D eigenvalue weighted by Gasteiger charge is 2.24. The minimum absolute atomic E-state index is 0.0444. The first-order chi connectivity index (χ1) is 12.5. The summed E-state index contributed by atoms with van der Waals surface area (Å²) in [5.41, 5.74) is 0. The van der Waals surface area contributed by atoms with Gasteiger partial charge in [0.15, 0.2) is 0 Å². The molecule has 1 N–H and O–H groups in total. The SMILES string of the molecule is COC(=O)c1sccc1S(=O)(=O)NCc1nccc(N2CCCCC2)n1. The lowest BCUT2D eigenvalue weighted by Gasteiger charge is -2.27. The molecule has 8 nitrogen and oxygen atoms in total. The van der Waals surface area contributed by atoms with Crippen molar-refractivity contribution in [3.8, 4) is 0 Å². The first-order valence-electron chi connectivity index (χ1n) is 8.23. The van der Waals surface area contributed by atoms with Gasteiger partial charge in [-0.05, 0) is 36.8 Å². The molecule has 2 aromatic rings. The Kier molecular flexibility index (Phi) is 5.84. The fourth-order valence-corrected chi connectivity index (χ4v) is 5.07. The van der Waals surface area contributed by atoms with E-state index >= 15 is 0 Å². The summed E-state index contributed by atoms with van der Waals surface area (Å²) in [6.07, 6.45) is 5.10. The molecule has 0 spiro atoms. The molecule has 1 fully saturated rings. The van der Waals surface area contributed by atoms with E-state index in [4.69, 9.17) is 0 Å². The summed E-state index contributed by atoms with van der Waals surface area (Å²) in [5.74, 6) is 0.509. The Morgan fingerprint density at radius 3 is 2.81 bits per heavy atom. The molecule has 1 aliphatic rings. The van der Waals surface area contributed by atoms with Gasteiger partial charge in [-0.25, -0.2) is 27.9 Å². The average Bonchev–Trinajstić information content (AvgIpc) is 3.18. The number of nitrogens with zero attached hydrogens (tertiary/aromatic N) is 3. The van der Waals surface area contributed by atoms with E-state index in [1.807, 2.05) is 6.07 Å². The first kappa shape index (κ1) is 18.7. The van der Waals surface area contributed by atoms with Crippen molar-refractivity contribution in [1.82, 2.24) is 14.7 Å². The van der Waals surface area contributed by atoms with Gasteiger partial charge in [0.1, 0.15) is 21.4 Å². The Labute approximate surface area is 156 Å². The summed E-state index contributed by atoms with van der Waals surface area (Å²) in [6, 6.07) is 3.21. The third-order valence-corrected chi connectivity index (χ3v) is 6.55. The largest absolute Gasteiger partial charge is 0.465 e. The molecular weight excluding hydrogens is 376 g/mol. The fraction of sp³-hybridized carbons (Fsp3) is 0.438. The molecule has 0 radical (unpaired) electrons. The summed E-state index contributed by atoms with van der Waals surface area (Å²) >= 11 is 1.02. The van der Waals surface area contributed by atoms with Gasteiger partial charge >= 0.3 is 5.97 Å². The lowest BCUT2D eigenvalue weighted by Crippen LogP contribution is -2.31. The molecule has 0 atom stereocenters. The standard InChI is InChI=1S/C16H20N4O4S2/c1-24-16(21)15-12(6-10-25-15)26(22,23)18-11-13-17-7-5-14(19-13)20-8-3-2-4-9-20/h5-7,10,18H,2-4,8-9,11H2,1H3. The highest BCUT2D eigenvalue weighted by molar-refractivity contribution is 7.89. The highest BCUT2D eigenvalue weighted by Crippen LogP contribution is 2.23. The normalized spacial score (nSPS) is 15.0. The highest BCUT2D eigenvalue weighted by atomic mass is 32.2. The lowest BCUT2D eigenvalue weighted by atomic mass is 10.1. The second-order valence-corrected chi connectivity index (χ2v) is 8.46. The molecule has 0 aromatic carbocycles. The summed E-state index contributed by atoms with van der Waals surface area (Å²) in [4.78, 5) is 22.4. The summed E-state index contributed by atoms with van der Waals surface area (Å²) < 4.78 is 32.1. The van der Waals surface area contributed by atoms with Crippen LogP contribution in [0.1, 0.15) is 34.8 Å². The maximum Gasteiger partial charge on any atom is 0.349 e. The van der Waals surface area contributed by atoms with Gasteiger partial charge in [-0.15, -0.1) is 11.3 Å². The number of nitrogens with one attached hydrogen (secondary N) is 1. The molecular formula is C16H20N4O4S2. The molecule has 0 amide bonds. The van der Waals surface area contributed by atoms with Crippen LogP contribution in [0.3, 0.4) is 0 Å². The number of thiophene rings is 1. The number of anilines is 1. The maximum absolute atomic E-state index is 12.5. The van der Waals surface area contributed by atoms with Crippen molar-refractivity contribution in [2.45, 2.75) is 30.7 Å². The molecule has 0 bridgehead atoms. The van der Waals surface area contributed by atoms with Gasteiger partial charge in [0.25, 0.3) is 0 Å². The van der Waals surface area contributed by atoms with Crippen LogP contribution < -0.4 is 9.62 Å². The molecule has 1 saturated heterocycles. The van der Waals surface area contributed by atoms with E-state index in [0.29, 0.717) is 5.82 Å². The minimum atomic E-state index is -3.87. The number of hydrogen-bond donors (Lipinski definition) is 1. The van der Waals surface area contributed by atoms with Gasteiger partial charge in [-0.1, -0.05) is 0 Å². The Morgan fingerprint density at radius 2 is 2.08 bits per heavy atom. The van der Waals surface area contributed by atoms with Crippen LogP contribution in [0.5, 0.6) is 0 Å². The topological polar surface area (TPSA) is 101 Å². The zero-order valence-corrected chi connectivity index (χ0v) is 16.0. The van der Waals surface area contributed by atoms with Crippen LogP contribution in [0, 0.1) is 0 Å². The first-order valence-corrected chi connectivity index (χ1v) is 10.6. The predicted molar refractivity (Wildman–Crippen MR) is 97.8 cm³/mol. The number of rotatable bonds is 6. The van der Waals surface area contributed by atoms with E-state index in [1.165, 1.54) is 25.0 Å². The van der Waals surface area contributed by atoms with Crippen LogP contribution in [-0.2, 0) is 21.3 Å². The van der Waals surface area contributed by atoms with Gasteiger partial charge in [-0.3, -0.25) is 0 Å². The van der Waals surface area contributed by atoms with Gasteiger partial charge in [0, 0.05) is 19.3 Å². The number of carbonyl (C=O) groups excluding carboxylic acids is 1. The van der Waals surface area contributed by atoms with Gasteiger partial charge < -0.3 is 9.64 Å². The Hall–Kier alpha value is -2.04. The van der Waals surface area contributed by atoms with Crippen molar-refractivity contribution in [1.29, 1.82) is 0 Å². The third kappa shape index (κ3) is 4.19. The average molecular weight is 396 g/mol. The number of piperidine rings is 1. The summed E-state index contributed by atoms with van der Waals surface area (Å²) in [7, 11) is -2.66. The van der Waals surface area contributed by atoms with Gasteiger partial charge in [0.2, 0.25) is 10.0 Å². The van der Waals surface area contributed by atoms with Crippen molar-refractivity contribution in [3.05, 3.63) is 34.4 Å². The third-order valence-electron chi connectivity index (χ3n) is 4.08. The molecule has 26 heavy (non-hydrogen) atoms. The zero-order chi connectivity index (χ0) is 18.6. The van der Waals surface area contributed by atoms with Crippen LogP contribution in [0.2, 0.25) is 0 Å². The van der Waals surface area contributed by atoms with E-state index in [9.17, 15) is 13.2 Å². The quantitative estimate of drug-likeness (QED) is 0.743. The van der Waals surface area contributed by atoms with Crippen molar-refractivity contribution in [2.75, 3.05) is 25.1 Å². The Morgan fingerprint density at radius 1 is 1.31 bits per heavy atom. The van der Waals surface area contributed by atoms with E-state index in [1.54, 1.807) is 6.20 Å². The number of sulfonamides is 1. The van der Waals surface area contributed by atoms with Crippen LogP contribution in [-0.4, -0.2) is 44.6 Å². The fourth-order valence-electron chi connectivity index (χ4n) is 2.76. The van der Waals surface area contributed by atoms with Crippen LogP contribution in [0.4, 0.5) is 5.82 Å². The summed E-state index contributed by atoms with van der Waals surface area (Å²) in [5, 5.41) is 1.54. The van der Waals surface area contributed by atoms with E-state index in [0.717, 1.165) is 43.1 Å². The Bertz CT molecular complexity index is 876. The van der Waals surface area contributed by atoms with E-state index in [-0.39, 0.29) is 16.3 Å². The molecule has 2 aromatic heterocycles. The van der Waals surface area contributed by atoms with Gasteiger partial charge in [0.05, 0.1) is 13.7 Å². The zero-order valence-electron chi connectivity index (χ0n) is 14.3. The molecule has 140 valence electrons. The second kappa shape index (κ2) is 8.11. The minimum Gasteiger partial charge on any atom is -0.465 e. The van der Waals surface area contributed by atoms with Crippen molar-refractivity contribution < 1.29 is 17.9 Å². The van der Waals surface area contributed by atoms with E-state index < -0.39 is 16.0 Å². The second-order valence-electron chi connectivity index (χ2n) is 5.81. The van der Waals surface area contributed by atoms with Crippen molar-refractivity contribution in [2.24, 2.45) is 0 Å². The summed E-state index contributed by atoms with van der Waals surface area (Å²) in [6.45, 7) is 1.83. The molecule has 3 heterocycles. The molecule has 3 rings (SSSR count). The van der Waals surface area contributed by atoms with Crippen LogP contribution >= 0.6 is 11.3 Å². The maximum atomic E-state index is 12.5. The number of carbonyl (C=O) groups is 1. The molecule has 0 unspecified atom stereocenters. The van der Waals surface area contributed by atoms with Crippen LogP contribution in [0.25, 0.3) is 0 Å². The Balaban J connectivity index is 1.72. The molecule has 0 saturated carbocycles. The number of aromatic nitrogens is 2. The number of hydrogen-bond acceptors (Lipinski definition) is 8. The number of ether oxygens (including phenoxy) is 1. The van der Waals surface area contributed by atoms with Crippen molar-refractivity contribution in [3.63, 3.8) is 0 Å². The number of methoxy groups -OCH3 is 1. The lowest BCUT2D eigenvalue weighted by molar-refractivity contribution is 0.0602. The monoisotopic (exact) mass is 396 g/mol. The molecule has 0 aliphatic carbocycles. The predicted octanol–water partition coefficient (Wildman–Crippen LogP) is 1.79. The van der Waals surface area contributed by atoms with Gasteiger partial charge in [-0.2, -0.15) is 0 Å². The van der Waals surface area contributed by atoms with Crippen molar-refractivity contribution >= 4 is 33.1 Å².